The molecule has 8 nitrogen and oxygen atoms in total. The number of halogens is 2. The van der Waals surface area contributed by atoms with Crippen molar-refractivity contribution in [1.29, 1.82) is 0 Å². The molecule has 3 fully saturated rings. The highest BCUT2D eigenvalue weighted by Crippen LogP contribution is 2.53. The molecule has 2 unspecified atom stereocenters. The summed E-state index contributed by atoms with van der Waals surface area (Å²) in [5.74, 6) is 1.41. The fraction of sp³-hybridized carbons (Fsp3) is 0.429. The summed E-state index contributed by atoms with van der Waals surface area (Å²) in [7, 11) is 2.19. The van der Waals surface area contributed by atoms with Gasteiger partial charge in [0, 0.05) is 61.9 Å². The van der Waals surface area contributed by atoms with E-state index >= 15 is 4.39 Å². The molecule has 1 aromatic carbocycles. The zero-order valence-corrected chi connectivity index (χ0v) is 21.2. The third-order valence-electron chi connectivity index (χ3n) is 8.96. The summed E-state index contributed by atoms with van der Waals surface area (Å²) in [5.41, 5.74) is 2.69. The number of nitrogens with one attached hydrogen (secondary N) is 1. The molecule has 3 aromatic heterocycles. The Morgan fingerprint density at radius 2 is 1.89 bits per heavy atom. The highest BCUT2D eigenvalue weighted by atomic mass is 19.1. The molecule has 4 aromatic rings. The molecule has 4 aliphatic rings. The average molecular weight is 515 g/mol. The number of rotatable bonds is 5. The van der Waals surface area contributed by atoms with Gasteiger partial charge in [0.1, 0.15) is 22.9 Å². The SMILES string of the molecule is CN1CC2CN(Cc3ccc(Nc4ncc(F)c(-c5cc(F)c6nc7n(c6c5)C5(CC7)CC5)n4)nc3)CC21. The van der Waals surface area contributed by atoms with Crippen LogP contribution in [-0.4, -0.2) is 67.0 Å². The van der Waals surface area contributed by atoms with E-state index in [4.69, 9.17) is 0 Å². The average Bonchev–Trinajstić information content (AvgIpc) is 3.29. The molecule has 2 saturated heterocycles. The van der Waals surface area contributed by atoms with Crippen LogP contribution in [0.3, 0.4) is 0 Å². The number of anilines is 2. The van der Waals surface area contributed by atoms with Gasteiger partial charge < -0.3 is 14.8 Å². The molecule has 1 saturated carbocycles. The van der Waals surface area contributed by atoms with Crippen molar-refractivity contribution in [1.82, 2.24) is 34.3 Å². The Morgan fingerprint density at radius 1 is 1.00 bits per heavy atom. The monoisotopic (exact) mass is 514 g/mol. The van der Waals surface area contributed by atoms with Crippen molar-refractivity contribution in [2.45, 2.75) is 43.8 Å². The molecule has 6 heterocycles. The summed E-state index contributed by atoms with van der Waals surface area (Å²) in [5, 5.41) is 3.07. The van der Waals surface area contributed by atoms with Crippen molar-refractivity contribution >= 4 is 22.8 Å². The van der Waals surface area contributed by atoms with Crippen molar-refractivity contribution in [3.8, 4) is 11.3 Å². The second-order valence-electron chi connectivity index (χ2n) is 11.4. The van der Waals surface area contributed by atoms with E-state index in [0.29, 0.717) is 28.5 Å². The van der Waals surface area contributed by atoms with E-state index in [1.807, 2.05) is 24.4 Å². The molecule has 0 radical (unpaired) electrons. The molecular weight excluding hydrogens is 486 g/mol. The fourth-order valence-corrected chi connectivity index (χ4v) is 6.80. The Labute approximate surface area is 218 Å². The van der Waals surface area contributed by atoms with Gasteiger partial charge in [0.2, 0.25) is 5.95 Å². The van der Waals surface area contributed by atoms with Crippen LogP contribution >= 0.6 is 0 Å². The highest BCUT2D eigenvalue weighted by Gasteiger charge is 2.50. The molecule has 0 amide bonds. The van der Waals surface area contributed by atoms with E-state index in [-0.39, 0.29) is 17.2 Å². The number of nitrogens with zero attached hydrogens (tertiary/aromatic N) is 7. The minimum atomic E-state index is -0.606. The van der Waals surface area contributed by atoms with E-state index in [2.05, 4.69) is 46.7 Å². The minimum absolute atomic E-state index is 0.0481. The van der Waals surface area contributed by atoms with Gasteiger partial charge in [-0.2, -0.15) is 0 Å². The summed E-state index contributed by atoms with van der Waals surface area (Å²) in [6.45, 7) is 4.30. The van der Waals surface area contributed by atoms with Crippen LogP contribution in [0.2, 0.25) is 0 Å². The molecular formula is C28H28F2N8. The van der Waals surface area contributed by atoms with Gasteiger partial charge in [0.05, 0.1) is 11.7 Å². The number of fused-ring (bicyclic) bond motifs is 5. The first-order valence-corrected chi connectivity index (χ1v) is 13.3. The number of imidazole rings is 1. The molecule has 1 spiro atoms. The maximum atomic E-state index is 15.1. The molecule has 38 heavy (non-hydrogen) atoms. The molecule has 1 aliphatic carbocycles. The van der Waals surface area contributed by atoms with Crippen molar-refractivity contribution in [3.63, 3.8) is 0 Å². The summed E-state index contributed by atoms with van der Waals surface area (Å²) < 4.78 is 32.2. The first-order valence-electron chi connectivity index (χ1n) is 13.3. The molecule has 1 N–H and O–H groups in total. The summed E-state index contributed by atoms with van der Waals surface area (Å²) in [6.07, 6.45) is 7.01. The number of hydrogen-bond donors (Lipinski definition) is 1. The van der Waals surface area contributed by atoms with Gasteiger partial charge in [0.25, 0.3) is 0 Å². The van der Waals surface area contributed by atoms with Gasteiger partial charge in [-0.25, -0.2) is 28.7 Å². The van der Waals surface area contributed by atoms with Crippen LogP contribution in [0.15, 0.2) is 36.7 Å². The van der Waals surface area contributed by atoms with Crippen LogP contribution in [0.25, 0.3) is 22.3 Å². The normalized spacial score (nSPS) is 23.6. The maximum Gasteiger partial charge on any atom is 0.229 e. The fourth-order valence-electron chi connectivity index (χ4n) is 6.80. The Balaban J connectivity index is 1.04. The Kier molecular flexibility index (Phi) is 4.73. The molecule has 10 heteroatoms. The lowest BCUT2D eigenvalue weighted by molar-refractivity contribution is 0.0825. The molecule has 194 valence electrons. The van der Waals surface area contributed by atoms with Crippen molar-refractivity contribution in [3.05, 3.63) is 59.7 Å². The van der Waals surface area contributed by atoms with Crippen LogP contribution < -0.4 is 5.32 Å². The Hall–Kier alpha value is -3.50. The quantitative estimate of drug-likeness (QED) is 0.430. The smallest absolute Gasteiger partial charge is 0.229 e. The largest absolute Gasteiger partial charge is 0.322 e. The molecule has 2 atom stereocenters. The van der Waals surface area contributed by atoms with Gasteiger partial charge in [-0.05, 0) is 50.1 Å². The van der Waals surface area contributed by atoms with Crippen molar-refractivity contribution in [2.75, 3.05) is 32.0 Å². The molecule has 0 bridgehead atoms. The van der Waals surface area contributed by atoms with E-state index in [1.165, 1.54) is 12.6 Å². The first-order chi connectivity index (χ1) is 18.5. The van der Waals surface area contributed by atoms with E-state index < -0.39 is 11.6 Å². The van der Waals surface area contributed by atoms with Crippen LogP contribution in [-0.2, 0) is 18.5 Å². The van der Waals surface area contributed by atoms with Gasteiger partial charge in [-0.15, -0.1) is 0 Å². The minimum Gasteiger partial charge on any atom is -0.322 e. The van der Waals surface area contributed by atoms with Crippen LogP contribution in [0, 0.1) is 17.6 Å². The van der Waals surface area contributed by atoms with E-state index in [0.717, 1.165) is 68.8 Å². The predicted molar refractivity (Wildman–Crippen MR) is 139 cm³/mol. The highest BCUT2D eigenvalue weighted by molar-refractivity contribution is 5.83. The van der Waals surface area contributed by atoms with Gasteiger partial charge >= 0.3 is 0 Å². The van der Waals surface area contributed by atoms with Gasteiger partial charge in [-0.3, -0.25) is 4.90 Å². The number of likely N-dealkylation sites (tertiary alicyclic amines) is 2. The Morgan fingerprint density at radius 3 is 2.66 bits per heavy atom. The molecule has 8 rings (SSSR count). The second kappa shape index (κ2) is 8.00. The number of aryl methyl sites for hydroxylation is 1. The van der Waals surface area contributed by atoms with Crippen molar-refractivity contribution in [2.24, 2.45) is 5.92 Å². The van der Waals surface area contributed by atoms with Crippen LogP contribution in [0.4, 0.5) is 20.5 Å². The van der Waals surface area contributed by atoms with Gasteiger partial charge in [-0.1, -0.05) is 6.07 Å². The van der Waals surface area contributed by atoms with Crippen LogP contribution in [0.1, 0.15) is 30.7 Å². The van der Waals surface area contributed by atoms with E-state index in [9.17, 15) is 4.39 Å². The Bertz CT molecular complexity index is 1580. The van der Waals surface area contributed by atoms with Crippen LogP contribution in [0.5, 0.6) is 0 Å². The number of benzene rings is 1. The topological polar surface area (TPSA) is 75.0 Å². The third kappa shape index (κ3) is 3.46. The number of likely N-dealkylation sites (N-methyl/N-ethyl adjacent to an activating group) is 1. The zero-order chi connectivity index (χ0) is 25.6. The lowest BCUT2D eigenvalue weighted by atomic mass is 9.93. The maximum absolute atomic E-state index is 15.1. The van der Waals surface area contributed by atoms with E-state index in [1.54, 1.807) is 0 Å². The summed E-state index contributed by atoms with van der Waals surface area (Å²) in [6, 6.07) is 7.74. The zero-order valence-electron chi connectivity index (χ0n) is 21.2. The summed E-state index contributed by atoms with van der Waals surface area (Å²) >= 11 is 0. The lowest BCUT2D eigenvalue weighted by Crippen LogP contribution is -2.52. The van der Waals surface area contributed by atoms with Crippen molar-refractivity contribution < 1.29 is 8.78 Å². The summed E-state index contributed by atoms with van der Waals surface area (Å²) in [4.78, 5) is 22.5. The second-order valence-corrected chi connectivity index (χ2v) is 11.4. The number of pyridine rings is 1. The number of hydrogen-bond acceptors (Lipinski definition) is 7. The molecule has 3 aliphatic heterocycles. The first kappa shape index (κ1) is 22.5. The van der Waals surface area contributed by atoms with Gasteiger partial charge in [0.15, 0.2) is 11.6 Å². The predicted octanol–water partition coefficient (Wildman–Crippen LogP) is 4.09. The number of aromatic nitrogens is 5. The lowest BCUT2D eigenvalue weighted by Gasteiger charge is -2.40. The standard InChI is InChI=1S/C28H28F2N8/c1-36-13-18-14-37(15-22(18)36)12-16-2-3-23(31-10-16)33-27-32-11-20(30)25(35-27)17-8-19(29)26-21(9-17)38-24(34-26)4-5-28(38)6-7-28/h2-3,8-11,18,22H,4-7,12-15H2,1H3,(H,31,32,33,35). The third-order valence-corrected chi connectivity index (χ3v) is 8.96.